The summed E-state index contributed by atoms with van der Waals surface area (Å²) in [7, 11) is 6.49. The summed E-state index contributed by atoms with van der Waals surface area (Å²) in [5.41, 5.74) is 2.19. The molecular weight excluding hydrogens is 296 g/mol. The van der Waals surface area contributed by atoms with E-state index in [0.717, 1.165) is 11.4 Å². The zero-order valence-corrected chi connectivity index (χ0v) is 14.0. The van der Waals surface area contributed by atoms with E-state index in [0.29, 0.717) is 17.1 Å². The van der Waals surface area contributed by atoms with Gasteiger partial charge in [-0.05, 0) is 19.1 Å². The predicted octanol–water partition coefficient (Wildman–Crippen LogP) is 1.41. The molecule has 0 aliphatic heterocycles. The van der Waals surface area contributed by atoms with Crippen LogP contribution in [0, 0.1) is 6.92 Å². The standard InChI is InChI=1S/C17H20N2O4/c1-11-8-12(19(3)17(21)18(11)2)6-7-14-15(22-4)9-13(20)10-16(14)23-5/h6-10H,1-5H3/p+1. The number of rotatable bonds is 4. The number of aromatic hydroxyl groups is 1. The van der Waals surface area contributed by atoms with Crippen LogP contribution in [0.15, 0.2) is 23.0 Å². The van der Waals surface area contributed by atoms with Crippen molar-refractivity contribution in [2.45, 2.75) is 6.92 Å². The largest absolute Gasteiger partial charge is 0.508 e. The van der Waals surface area contributed by atoms with E-state index < -0.39 is 0 Å². The lowest BCUT2D eigenvalue weighted by Crippen LogP contribution is -2.53. The van der Waals surface area contributed by atoms with Gasteiger partial charge < -0.3 is 14.6 Å². The van der Waals surface area contributed by atoms with E-state index in [1.54, 1.807) is 29.3 Å². The number of nitrogens with zero attached hydrogens (tertiary/aromatic N) is 2. The number of benzene rings is 1. The Morgan fingerprint density at radius 3 is 2.22 bits per heavy atom. The molecule has 0 saturated heterocycles. The van der Waals surface area contributed by atoms with Gasteiger partial charge in [0, 0.05) is 18.2 Å². The highest BCUT2D eigenvalue weighted by Gasteiger charge is 2.13. The van der Waals surface area contributed by atoms with Gasteiger partial charge in [-0.15, -0.1) is 0 Å². The third kappa shape index (κ3) is 3.21. The van der Waals surface area contributed by atoms with Crippen molar-refractivity contribution in [2.75, 3.05) is 14.2 Å². The quantitative estimate of drug-likeness (QED) is 0.866. The van der Waals surface area contributed by atoms with Crippen molar-refractivity contribution in [3.05, 3.63) is 45.6 Å². The number of aromatic nitrogens is 2. The van der Waals surface area contributed by atoms with Gasteiger partial charge in [0.1, 0.15) is 28.6 Å². The summed E-state index contributed by atoms with van der Waals surface area (Å²) in [5, 5.41) is 9.68. The normalized spacial score (nSPS) is 11.0. The van der Waals surface area contributed by atoms with Gasteiger partial charge in [0.15, 0.2) is 0 Å². The summed E-state index contributed by atoms with van der Waals surface area (Å²) in [6.45, 7) is 1.88. The molecule has 0 saturated carbocycles. The lowest BCUT2D eigenvalue weighted by molar-refractivity contribution is -0.692. The summed E-state index contributed by atoms with van der Waals surface area (Å²) in [6.07, 6.45) is 3.61. The first-order chi connectivity index (χ1) is 10.9. The van der Waals surface area contributed by atoms with Crippen molar-refractivity contribution in [1.29, 1.82) is 0 Å². The summed E-state index contributed by atoms with van der Waals surface area (Å²) in [6, 6.07) is 4.94. The third-order valence-corrected chi connectivity index (χ3v) is 3.80. The second-order valence-corrected chi connectivity index (χ2v) is 5.21. The fraction of sp³-hybridized carbons (Fsp3) is 0.294. The van der Waals surface area contributed by atoms with Crippen LogP contribution in [-0.2, 0) is 14.1 Å². The number of aryl methyl sites for hydroxylation is 1. The molecule has 0 bridgehead atoms. The minimum absolute atomic E-state index is 0.0610. The minimum Gasteiger partial charge on any atom is -0.508 e. The van der Waals surface area contributed by atoms with Gasteiger partial charge in [-0.1, -0.05) is 0 Å². The highest BCUT2D eigenvalue weighted by Crippen LogP contribution is 2.34. The van der Waals surface area contributed by atoms with Crippen LogP contribution in [0.5, 0.6) is 17.2 Å². The lowest BCUT2D eigenvalue weighted by atomic mass is 10.1. The zero-order valence-electron chi connectivity index (χ0n) is 14.0. The molecule has 0 aliphatic carbocycles. The van der Waals surface area contributed by atoms with Crippen molar-refractivity contribution in [2.24, 2.45) is 14.1 Å². The number of ether oxygens (including phenoxy) is 2. The van der Waals surface area contributed by atoms with E-state index in [2.05, 4.69) is 0 Å². The second kappa shape index (κ2) is 6.56. The van der Waals surface area contributed by atoms with E-state index in [1.165, 1.54) is 26.4 Å². The van der Waals surface area contributed by atoms with Crippen LogP contribution in [0.4, 0.5) is 0 Å². The van der Waals surface area contributed by atoms with E-state index in [4.69, 9.17) is 9.47 Å². The Bertz CT molecular complexity index is 797. The van der Waals surface area contributed by atoms with Crippen LogP contribution >= 0.6 is 0 Å². The molecule has 122 valence electrons. The fourth-order valence-corrected chi connectivity index (χ4v) is 2.31. The third-order valence-electron chi connectivity index (χ3n) is 3.80. The van der Waals surface area contributed by atoms with Crippen LogP contribution < -0.4 is 19.7 Å². The number of phenolic OH excluding ortho intramolecular Hbond substituents is 1. The van der Waals surface area contributed by atoms with Crippen molar-refractivity contribution in [1.82, 2.24) is 4.57 Å². The van der Waals surface area contributed by atoms with E-state index in [-0.39, 0.29) is 11.4 Å². The molecule has 2 aromatic rings. The van der Waals surface area contributed by atoms with E-state index in [9.17, 15) is 9.90 Å². The number of hydrogen-bond acceptors (Lipinski definition) is 4. The van der Waals surface area contributed by atoms with Crippen molar-refractivity contribution in [3.8, 4) is 17.2 Å². The molecule has 0 amide bonds. The Morgan fingerprint density at radius 1 is 1.13 bits per heavy atom. The summed E-state index contributed by atoms with van der Waals surface area (Å²) in [4.78, 5) is 12.1. The van der Waals surface area contributed by atoms with Crippen molar-refractivity contribution >= 4 is 12.2 Å². The van der Waals surface area contributed by atoms with E-state index in [1.807, 2.05) is 19.1 Å². The highest BCUT2D eigenvalue weighted by atomic mass is 16.5. The van der Waals surface area contributed by atoms with Gasteiger partial charge in [0.25, 0.3) is 0 Å². The van der Waals surface area contributed by atoms with Crippen LogP contribution in [0.1, 0.15) is 17.0 Å². The van der Waals surface area contributed by atoms with Gasteiger partial charge in [-0.2, -0.15) is 13.9 Å². The van der Waals surface area contributed by atoms with Gasteiger partial charge in [0.2, 0.25) is 0 Å². The van der Waals surface area contributed by atoms with Gasteiger partial charge >= 0.3 is 5.69 Å². The monoisotopic (exact) mass is 317 g/mol. The minimum atomic E-state index is -0.103. The molecule has 0 spiro atoms. The zero-order chi connectivity index (χ0) is 17.1. The SMILES string of the molecule is COc1cc(O)cc(OC)c1C=Cc1cc(C)n(C)c(=O)[n+]1C. The molecule has 2 rings (SSSR count). The van der Waals surface area contributed by atoms with Crippen LogP contribution in [0.2, 0.25) is 0 Å². The smallest absolute Gasteiger partial charge is 0.498 e. The number of hydrogen-bond donors (Lipinski definition) is 1. The maximum atomic E-state index is 12.1. The molecule has 1 aromatic heterocycles. The molecule has 0 fully saturated rings. The summed E-state index contributed by atoms with van der Waals surface area (Å²) in [5.74, 6) is 1.04. The Morgan fingerprint density at radius 2 is 1.70 bits per heavy atom. The Balaban J connectivity index is 2.56. The molecule has 0 atom stereocenters. The summed E-state index contributed by atoms with van der Waals surface area (Å²) >= 11 is 0. The summed E-state index contributed by atoms with van der Waals surface area (Å²) < 4.78 is 13.7. The Hall–Kier alpha value is -2.76. The van der Waals surface area contributed by atoms with Crippen LogP contribution in [-0.4, -0.2) is 23.9 Å². The number of methoxy groups -OCH3 is 2. The van der Waals surface area contributed by atoms with Crippen molar-refractivity contribution < 1.29 is 19.1 Å². The maximum absolute atomic E-state index is 12.1. The first-order valence-electron chi connectivity index (χ1n) is 7.08. The highest BCUT2D eigenvalue weighted by molar-refractivity contribution is 5.75. The Labute approximate surface area is 134 Å². The molecule has 1 heterocycles. The molecule has 0 unspecified atom stereocenters. The van der Waals surface area contributed by atoms with E-state index >= 15 is 0 Å². The molecule has 0 aliphatic rings. The average Bonchev–Trinajstić information content (AvgIpc) is 2.54. The molecule has 6 nitrogen and oxygen atoms in total. The topological polar surface area (TPSA) is 64.6 Å². The first-order valence-corrected chi connectivity index (χ1v) is 7.08. The predicted molar refractivity (Wildman–Crippen MR) is 87.7 cm³/mol. The number of phenols is 1. The Kier molecular flexibility index (Phi) is 4.74. The van der Waals surface area contributed by atoms with Crippen molar-refractivity contribution in [3.63, 3.8) is 0 Å². The fourth-order valence-electron chi connectivity index (χ4n) is 2.31. The lowest BCUT2D eigenvalue weighted by Gasteiger charge is -2.11. The molecule has 0 radical (unpaired) electrons. The van der Waals surface area contributed by atoms with Gasteiger partial charge in [-0.3, -0.25) is 0 Å². The average molecular weight is 317 g/mol. The second-order valence-electron chi connectivity index (χ2n) is 5.21. The molecule has 6 heteroatoms. The molecule has 23 heavy (non-hydrogen) atoms. The van der Waals surface area contributed by atoms with Gasteiger partial charge in [-0.25, -0.2) is 0 Å². The first kappa shape index (κ1) is 16.6. The van der Waals surface area contributed by atoms with Crippen LogP contribution in [0.3, 0.4) is 0 Å². The van der Waals surface area contributed by atoms with Gasteiger partial charge in [0.05, 0.1) is 33.9 Å². The molecular formula is C17H21N2O4+. The molecule has 1 N–H and O–H groups in total. The van der Waals surface area contributed by atoms with Crippen LogP contribution in [0.25, 0.3) is 12.2 Å². The maximum Gasteiger partial charge on any atom is 0.498 e. The molecule has 1 aromatic carbocycles.